The lowest BCUT2D eigenvalue weighted by Crippen LogP contribution is -2.48. The van der Waals surface area contributed by atoms with Crippen LogP contribution in [0.1, 0.15) is 142 Å². The molecule has 1 N–H and O–H groups in total. The summed E-state index contributed by atoms with van der Waals surface area (Å²) in [7, 11) is 4.32. The summed E-state index contributed by atoms with van der Waals surface area (Å²) in [6.07, 6.45) is 4.24. The summed E-state index contributed by atoms with van der Waals surface area (Å²) in [5.74, 6) is -0.411. The number of nitrogens with one attached hydrogen (secondary N) is 1. The van der Waals surface area contributed by atoms with E-state index < -0.39 is 0 Å². The van der Waals surface area contributed by atoms with Crippen molar-refractivity contribution in [2.24, 2.45) is 11.8 Å². The van der Waals surface area contributed by atoms with Crippen molar-refractivity contribution in [1.29, 1.82) is 0 Å². The van der Waals surface area contributed by atoms with Gasteiger partial charge in [0.15, 0.2) is 0 Å². The predicted octanol–water partition coefficient (Wildman–Crippen LogP) is 9.21. The van der Waals surface area contributed by atoms with Gasteiger partial charge in [-0.15, -0.1) is 0 Å². The van der Waals surface area contributed by atoms with Gasteiger partial charge < -0.3 is 24.4 Å². The Kier molecular flexibility index (Phi) is 15.0. The second kappa shape index (κ2) is 18.0. The van der Waals surface area contributed by atoms with Gasteiger partial charge in [-0.1, -0.05) is 119 Å². The molecule has 0 radical (unpaired) electrons. The maximum absolute atomic E-state index is 12.4. The number of ether oxygens (including phenoxy) is 3. The van der Waals surface area contributed by atoms with Crippen LogP contribution in [0.2, 0.25) is 0 Å². The Morgan fingerprint density at radius 1 is 0.593 bits per heavy atom. The third-order valence-electron chi connectivity index (χ3n) is 11.1. The molecule has 0 aliphatic carbocycles. The highest BCUT2D eigenvalue weighted by molar-refractivity contribution is 5.74. The molecule has 4 unspecified atom stereocenters. The lowest BCUT2D eigenvalue weighted by molar-refractivity contribution is -0.148. The van der Waals surface area contributed by atoms with Crippen molar-refractivity contribution in [3.05, 3.63) is 69.8 Å². The van der Waals surface area contributed by atoms with Crippen molar-refractivity contribution < 1.29 is 28.6 Å². The Morgan fingerprint density at radius 3 is 1.39 bits per heavy atom. The number of hydrogen-bond acceptors (Lipinski definition) is 7. The molecule has 2 aromatic carbocycles. The van der Waals surface area contributed by atoms with Gasteiger partial charge >= 0.3 is 18.0 Å². The van der Waals surface area contributed by atoms with E-state index in [0.29, 0.717) is 31.8 Å². The minimum absolute atomic E-state index is 0.0269. The summed E-state index contributed by atoms with van der Waals surface area (Å²) >= 11 is 0. The Balaban J connectivity index is 0.000000294. The third kappa shape index (κ3) is 12.6. The number of piperidine rings is 2. The first-order valence-corrected chi connectivity index (χ1v) is 19.9. The second-order valence-corrected chi connectivity index (χ2v) is 19.7. The van der Waals surface area contributed by atoms with Crippen molar-refractivity contribution in [2.45, 2.75) is 155 Å². The summed E-state index contributed by atoms with van der Waals surface area (Å²) in [5.41, 5.74) is 8.19. The zero-order valence-electron chi connectivity index (χ0n) is 36.3. The highest BCUT2D eigenvalue weighted by atomic mass is 16.5. The largest absolute Gasteiger partial charge is 0.469 e. The fourth-order valence-corrected chi connectivity index (χ4v) is 7.43. The van der Waals surface area contributed by atoms with Gasteiger partial charge in [0.1, 0.15) is 0 Å². The minimum atomic E-state index is -0.332. The first-order valence-electron chi connectivity index (χ1n) is 19.9. The molecule has 302 valence electrons. The molecule has 54 heavy (non-hydrogen) atoms. The molecule has 4 atom stereocenters. The van der Waals surface area contributed by atoms with Crippen LogP contribution in [0.5, 0.6) is 0 Å². The van der Waals surface area contributed by atoms with Gasteiger partial charge in [-0.05, 0) is 100 Å². The van der Waals surface area contributed by atoms with E-state index in [2.05, 4.69) is 125 Å². The predicted molar refractivity (Wildman–Crippen MR) is 219 cm³/mol. The summed E-state index contributed by atoms with van der Waals surface area (Å²) in [5, 5.41) is 3.59. The van der Waals surface area contributed by atoms with E-state index in [-0.39, 0.29) is 57.6 Å². The molecule has 0 saturated carbocycles. The topological polar surface area (TPSA) is 94.2 Å². The van der Waals surface area contributed by atoms with Crippen LogP contribution in [0.3, 0.4) is 0 Å². The molecule has 2 aromatic rings. The molecule has 0 aromatic heterocycles. The monoisotopic (exact) mass is 749 g/mol. The van der Waals surface area contributed by atoms with Crippen LogP contribution in [0.15, 0.2) is 36.4 Å². The molecule has 8 nitrogen and oxygen atoms in total. The minimum Gasteiger partial charge on any atom is -0.469 e. The summed E-state index contributed by atoms with van der Waals surface area (Å²) in [6, 6.07) is 14.1. The molecular weight excluding hydrogens is 677 g/mol. The standard InChI is InChI=1S/C24H37NO4.C22H35NO2/c1-23(2,3)18-11-16(12-19(15-18)24(4,5)6)13-20-14-17(21(26)28-7)9-10-25(20)22(27)29-8;1-21(2,3)17-10-15(11-18(14-17)22(4,5)6)12-19-13-16(8-9-23-19)20(24)25-7/h11-12,15,17,20H,9-10,13-14H2,1-8H3;10-11,14,16,19,23H,8-9,12-13H2,1-7H3. The number of rotatable bonds is 6. The fraction of sp³-hybridized carbons (Fsp3) is 0.674. The number of nitrogens with zero attached hydrogens (tertiary/aromatic N) is 1. The third-order valence-corrected chi connectivity index (χ3v) is 11.1. The number of amides is 1. The van der Waals surface area contributed by atoms with Crippen LogP contribution in [0.4, 0.5) is 4.79 Å². The molecule has 2 aliphatic heterocycles. The Morgan fingerprint density at radius 2 is 1.00 bits per heavy atom. The molecule has 1 amide bonds. The number of carbonyl (C=O) groups excluding carboxylic acids is 3. The maximum atomic E-state index is 12.4. The molecule has 8 heteroatoms. The van der Waals surface area contributed by atoms with Crippen molar-refractivity contribution in [1.82, 2.24) is 10.2 Å². The van der Waals surface area contributed by atoms with Crippen molar-refractivity contribution in [3.8, 4) is 0 Å². The van der Waals surface area contributed by atoms with Crippen LogP contribution in [-0.2, 0) is 58.3 Å². The van der Waals surface area contributed by atoms with E-state index in [1.54, 1.807) is 4.90 Å². The van der Waals surface area contributed by atoms with Crippen LogP contribution < -0.4 is 5.32 Å². The van der Waals surface area contributed by atoms with Crippen molar-refractivity contribution >= 4 is 18.0 Å². The smallest absolute Gasteiger partial charge is 0.409 e. The number of methoxy groups -OCH3 is 3. The Labute approximate surface area is 327 Å². The first-order chi connectivity index (χ1) is 24.9. The summed E-state index contributed by atoms with van der Waals surface area (Å²) in [6.45, 7) is 28.3. The SMILES string of the molecule is COC(=O)C1CCN(C(=O)OC)C(Cc2cc(C(C)(C)C)cc(C(C)(C)C)c2)C1.COC(=O)C1CCNC(Cc2cc(C(C)(C)C)cc(C(C)(C)C)c2)C1. The van der Waals surface area contributed by atoms with E-state index in [9.17, 15) is 14.4 Å². The number of hydrogen-bond donors (Lipinski definition) is 1. The molecule has 4 rings (SSSR count). The van der Waals surface area contributed by atoms with E-state index >= 15 is 0 Å². The van der Waals surface area contributed by atoms with E-state index in [4.69, 9.17) is 14.2 Å². The summed E-state index contributed by atoms with van der Waals surface area (Å²) in [4.78, 5) is 38.1. The van der Waals surface area contributed by atoms with Crippen LogP contribution >= 0.6 is 0 Å². The zero-order chi connectivity index (χ0) is 40.8. The number of benzene rings is 2. The maximum Gasteiger partial charge on any atom is 0.409 e. The van der Waals surface area contributed by atoms with Crippen molar-refractivity contribution in [3.63, 3.8) is 0 Å². The van der Waals surface area contributed by atoms with Gasteiger partial charge in [-0.3, -0.25) is 9.59 Å². The zero-order valence-corrected chi connectivity index (χ0v) is 36.3. The van der Waals surface area contributed by atoms with E-state index in [0.717, 1.165) is 25.8 Å². The lowest BCUT2D eigenvalue weighted by Gasteiger charge is -2.38. The summed E-state index contributed by atoms with van der Waals surface area (Å²) < 4.78 is 14.9. The Hall–Kier alpha value is -3.39. The van der Waals surface area contributed by atoms with E-state index in [1.807, 2.05) is 0 Å². The highest BCUT2D eigenvalue weighted by Gasteiger charge is 2.36. The first kappa shape index (κ1) is 45.0. The number of carbonyl (C=O) groups is 3. The molecule has 2 fully saturated rings. The number of esters is 2. The normalized spacial score (nSPS) is 21.1. The quantitative estimate of drug-likeness (QED) is 0.233. The fourth-order valence-electron chi connectivity index (χ4n) is 7.43. The molecule has 2 saturated heterocycles. The van der Waals surface area contributed by atoms with Gasteiger partial charge in [-0.2, -0.15) is 0 Å². The second-order valence-electron chi connectivity index (χ2n) is 19.7. The molecule has 0 spiro atoms. The van der Waals surface area contributed by atoms with Crippen LogP contribution in [0, 0.1) is 11.8 Å². The van der Waals surface area contributed by atoms with E-state index in [1.165, 1.54) is 54.7 Å². The van der Waals surface area contributed by atoms with Gasteiger partial charge in [0.25, 0.3) is 0 Å². The van der Waals surface area contributed by atoms with Gasteiger partial charge in [0.05, 0.1) is 33.2 Å². The molecule has 2 heterocycles. The lowest BCUT2D eigenvalue weighted by atomic mass is 9.78. The van der Waals surface area contributed by atoms with Crippen molar-refractivity contribution in [2.75, 3.05) is 34.4 Å². The van der Waals surface area contributed by atoms with Gasteiger partial charge in [-0.25, -0.2) is 4.79 Å². The Bertz CT molecular complexity index is 1520. The number of likely N-dealkylation sites (tertiary alicyclic amines) is 1. The van der Waals surface area contributed by atoms with Gasteiger partial charge in [0.2, 0.25) is 0 Å². The molecular formula is C46H72N2O6. The molecule has 0 bridgehead atoms. The van der Waals surface area contributed by atoms with Crippen LogP contribution in [0.25, 0.3) is 0 Å². The average Bonchev–Trinajstić information content (AvgIpc) is 3.09. The van der Waals surface area contributed by atoms with Gasteiger partial charge in [0, 0.05) is 18.6 Å². The highest BCUT2D eigenvalue weighted by Crippen LogP contribution is 2.34. The average molecular weight is 749 g/mol. The van der Waals surface area contributed by atoms with Crippen LogP contribution in [-0.4, -0.2) is 69.4 Å². The molecule has 2 aliphatic rings.